The molecule has 1 heterocycles. The van der Waals surface area contributed by atoms with Crippen molar-refractivity contribution < 1.29 is 19.2 Å². The largest absolute Gasteiger partial charge is 0.478 e. The van der Waals surface area contributed by atoms with Crippen LogP contribution in [0.1, 0.15) is 32.2 Å². The summed E-state index contributed by atoms with van der Waals surface area (Å²) in [5.74, 6) is -0.656. The normalized spacial score (nSPS) is 10.3. The number of rotatable bonds is 4. The molecule has 1 aromatic heterocycles. The molecule has 0 radical (unpaired) electrons. The molecule has 6 heteroatoms. The molecule has 20 heavy (non-hydrogen) atoms. The maximum Gasteiger partial charge on any atom is 0.335 e. The van der Waals surface area contributed by atoms with Crippen molar-refractivity contribution in [1.29, 1.82) is 0 Å². The van der Waals surface area contributed by atoms with Gasteiger partial charge in [-0.3, -0.25) is 4.79 Å². The zero-order valence-corrected chi connectivity index (χ0v) is 11.2. The molecule has 0 bridgehead atoms. The van der Waals surface area contributed by atoms with Gasteiger partial charge in [-0.05, 0) is 25.1 Å². The molecule has 1 amide bonds. The maximum absolute atomic E-state index is 12.2. The number of aryl methyl sites for hydroxylation is 1. The van der Waals surface area contributed by atoms with Crippen LogP contribution in [0.4, 0.5) is 0 Å². The topological polar surface area (TPSA) is 83.6 Å². The zero-order valence-electron chi connectivity index (χ0n) is 11.2. The number of aromatic carboxylic acids is 1. The summed E-state index contributed by atoms with van der Waals surface area (Å²) in [7, 11) is 1.62. The Hall–Kier alpha value is -2.63. The number of carboxylic acid groups (broad SMARTS) is 1. The van der Waals surface area contributed by atoms with Crippen LogP contribution in [0, 0.1) is 6.92 Å². The van der Waals surface area contributed by atoms with Crippen molar-refractivity contribution >= 4 is 11.9 Å². The fourth-order valence-electron chi connectivity index (χ4n) is 1.81. The fraction of sp³-hybridized carbons (Fsp3) is 0.214. The lowest BCUT2D eigenvalue weighted by Crippen LogP contribution is -2.26. The lowest BCUT2D eigenvalue weighted by Gasteiger charge is -2.15. The summed E-state index contributed by atoms with van der Waals surface area (Å²) < 4.78 is 4.94. The molecule has 0 saturated carbocycles. The van der Waals surface area contributed by atoms with Crippen LogP contribution in [0.25, 0.3) is 0 Å². The quantitative estimate of drug-likeness (QED) is 0.921. The van der Waals surface area contributed by atoms with Gasteiger partial charge in [0.1, 0.15) is 11.5 Å². The van der Waals surface area contributed by atoms with Crippen LogP contribution in [0.15, 0.2) is 34.9 Å². The number of hydrogen-bond donors (Lipinski definition) is 1. The number of nitrogens with zero attached hydrogens (tertiary/aromatic N) is 2. The SMILES string of the molecule is Cc1cc(CN(C)C(=O)c2cccc(C(=O)O)c2)no1. The lowest BCUT2D eigenvalue weighted by atomic mass is 10.1. The number of carbonyl (C=O) groups excluding carboxylic acids is 1. The van der Waals surface area contributed by atoms with E-state index in [4.69, 9.17) is 9.63 Å². The first-order valence-corrected chi connectivity index (χ1v) is 5.98. The molecule has 104 valence electrons. The molecular weight excluding hydrogens is 260 g/mol. The van der Waals surface area contributed by atoms with Gasteiger partial charge in [-0.25, -0.2) is 4.79 Å². The van der Waals surface area contributed by atoms with Gasteiger partial charge in [-0.2, -0.15) is 0 Å². The van der Waals surface area contributed by atoms with E-state index in [2.05, 4.69) is 5.16 Å². The first-order chi connectivity index (χ1) is 9.47. The second-order valence-electron chi connectivity index (χ2n) is 4.48. The van der Waals surface area contributed by atoms with Crippen LogP contribution in [0.5, 0.6) is 0 Å². The molecule has 0 spiro atoms. The number of carboxylic acids is 1. The van der Waals surface area contributed by atoms with Gasteiger partial charge >= 0.3 is 5.97 Å². The van der Waals surface area contributed by atoms with Crippen LogP contribution in [0.3, 0.4) is 0 Å². The van der Waals surface area contributed by atoms with Crippen molar-refractivity contribution in [3.63, 3.8) is 0 Å². The Morgan fingerprint density at radius 3 is 2.60 bits per heavy atom. The van der Waals surface area contributed by atoms with Crippen molar-refractivity contribution in [1.82, 2.24) is 10.1 Å². The molecule has 0 saturated heterocycles. The third kappa shape index (κ3) is 3.03. The standard InChI is InChI=1S/C14H14N2O4/c1-9-6-12(15-20-9)8-16(2)13(17)10-4-3-5-11(7-10)14(18)19/h3-7H,8H2,1-2H3,(H,18,19). The first-order valence-electron chi connectivity index (χ1n) is 5.98. The molecule has 0 unspecified atom stereocenters. The minimum absolute atomic E-state index is 0.0848. The van der Waals surface area contributed by atoms with Gasteiger partial charge in [0.25, 0.3) is 5.91 Å². The van der Waals surface area contributed by atoms with E-state index in [9.17, 15) is 9.59 Å². The van der Waals surface area contributed by atoms with Crippen molar-refractivity contribution in [2.24, 2.45) is 0 Å². The van der Waals surface area contributed by atoms with E-state index in [1.807, 2.05) is 0 Å². The number of aromatic nitrogens is 1. The fourth-order valence-corrected chi connectivity index (χ4v) is 1.81. The summed E-state index contributed by atoms with van der Waals surface area (Å²) in [5.41, 5.74) is 1.06. The summed E-state index contributed by atoms with van der Waals surface area (Å²) >= 11 is 0. The van der Waals surface area contributed by atoms with E-state index in [-0.39, 0.29) is 11.5 Å². The minimum Gasteiger partial charge on any atom is -0.478 e. The molecule has 2 aromatic rings. The van der Waals surface area contributed by atoms with Crippen molar-refractivity contribution in [3.05, 3.63) is 52.9 Å². The summed E-state index contributed by atoms with van der Waals surface area (Å²) in [6, 6.07) is 7.68. The molecule has 0 atom stereocenters. The van der Waals surface area contributed by atoms with Gasteiger partial charge in [0, 0.05) is 18.7 Å². The third-order valence-electron chi connectivity index (χ3n) is 2.78. The third-order valence-corrected chi connectivity index (χ3v) is 2.78. The van der Waals surface area contributed by atoms with Crippen LogP contribution in [0.2, 0.25) is 0 Å². The Labute approximate surface area is 115 Å². The second kappa shape index (κ2) is 5.56. The molecule has 0 aliphatic heterocycles. The number of carbonyl (C=O) groups is 2. The second-order valence-corrected chi connectivity index (χ2v) is 4.48. The molecule has 0 fully saturated rings. The van der Waals surface area contributed by atoms with E-state index in [1.165, 1.54) is 17.0 Å². The molecule has 6 nitrogen and oxygen atoms in total. The van der Waals surface area contributed by atoms with Gasteiger partial charge in [0.15, 0.2) is 0 Å². The summed E-state index contributed by atoms with van der Waals surface area (Å²) in [6.07, 6.45) is 0. The van der Waals surface area contributed by atoms with E-state index >= 15 is 0 Å². The smallest absolute Gasteiger partial charge is 0.335 e. The highest BCUT2D eigenvalue weighted by molar-refractivity contribution is 5.97. The first kappa shape index (κ1) is 13.8. The maximum atomic E-state index is 12.2. The average molecular weight is 274 g/mol. The summed E-state index contributed by atoms with van der Waals surface area (Å²) in [6.45, 7) is 2.07. The van der Waals surface area contributed by atoms with Gasteiger partial charge < -0.3 is 14.5 Å². The molecule has 1 aromatic carbocycles. The van der Waals surface area contributed by atoms with Gasteiger partial charge in [0.05, 0.1) is 12.1 Å². The highest BCUT2D eigenvalue weighted by Gasteiger charge is 2.15. The molecule has 0 aliphatic carbocycles. The molecule has 2 rings (SSSR count). The van der Waals surface area contributed by atoms with Crippen LogP contribution >= 0.6 is 0 Å². The van der Waals surface area contributed by atoms with E-state index < -0.39 is 5.97 Å². The number of hydrogen-bond acceptors (Lipinski definition) is 4. The predicted octanol–water partition coefficient (Wildman–Crippen LogP) is 1.95. The van der Waals surface area contributed by atoms with Crippen LogP contribution < -0.4 is 0 Å². The van der Waals surface area contributed by atoms with Gasteiger partial charge in [0.2, 0.25) is 0 Å². The molecular formula is C14H14N2O4. The minimum atomic E-state index is -1.06. The Morgan fingerprint density at radius 1 is 1.30 bits per heavy atom. The highest BCUT2D eigenvalue weighted by Crippen LogP contribution is 2.11. The van der Waals surface area contributed by atoms with E-state index in [0.717, 1.165) is 0 Å². The zero-order chi connectivity index (χ0) is 14.7. The Bertz CT molecular complexity index is 648. The highest BCUT2D eigenvalue weighted by atomic mass is 16.5. The van der Waals surface area contributed by atoms with Crippen molar-refractivity contribution in [2.75, 3.05) is 7.05 Å². The monoisotopic (exact) mass is 274 g/mol. The number of amides is 1. The van der Waals surface area contributed by atoms with E-state index in [1.54, 1.807) is 32.2 Å². The number of benzene rings is 1. The van der Waals surface area contributed by atoms with Gasteiger partial charge in [-0.1, -0.05) is 11.2 Å². The predicted molar refractivity (Wildman–Crippen MR) is 70.4 cm³/mol. The Balaban J connectivity index is 2.14. The Morgan fingerprint density at radius 2 is 2.00 bits per heavy atom. The Kier molecular flexibility index (Phi) is 3.84. The van der Waals surface area contributed by atoms with Crippen LogP contribution in [-0.4, -0.2) is 34.1 Å². The van der Waals surface area contributed by atoms with E-state index in [0.29, 0.717) is 23.6 Å². The average Bonchev–Trinajstić information content (AvgIpc) is 2.83. The summed E-state index contributed by atoms with van der Waals surface area (Å²) in [5, 5.41) is 12.7. The molecule has 0 aliphatic rings. The summed E-state index contributed by atoms with van der Waals surface area (Å²) in [4.78, 5) is 24.6. The van der Waals surface area contributed by atoms with Gasteiger partial charge in [-0.15, -0.1) is 0 Å². The van der Waals surface area contributed by atoms with Crippen molar-refractivity contribution in [2.45, 2.75) is 13.5 Å². The lowest BCUT2D eigenvalue weighted by molar-refractivity contribution is 0.0697. The molecule has 1 N–H and O–H groups in total. The van der Waals surface area contributed by atoms with Crippen molar-refractivity contribution in [3.8, 4) is 0 Å². The van der Waals surface area contributed by atoms with Crippen LogP contribution in [-0.2, 0) is 6.54 Å².